The van der Waals surface area contributed by atoms with Gasteiger partial charge >= 0.3 is 0 Å². The van der Waals surface area contributed by atoms with Gasteiger partial charge in [-0.15, -0.1) is 11.3 Å². The Morgan fingerprint density at radius 1 is 1.19 bits per heavy atom. The van der Waals surface area contributed by atoms with Crippen LogP contribution in [0.4, 0.5) is 0 Å². The molecule has 0 atom stereocenters. The normalized spacial score (nSPS) is 11.5. The summed E-state index contributed by atoms with van der Waals surface area (Å²) in [5.74, 6) is 1.49. The van der Waals surface area contributed by atoms with Gasteiger partial charge in [0.05, 0.1) is 12.2 Å². The van der Waals surface area contributed by atoms with Gasteiger partial charge in [0.25, 0.3) is 0 Å². The van der Waals surface area contributed by atoms with E-state index in [2.05, 4.69) is 58.0 Å². The van der Waals surface area contributed by atoms with Crippen LogP contribution in [0.3, 0.4) is 0 Å². The van der Waals surface area contributed by atoms with Gasteiger partial charge in [0.15, 0.2) is 5.96 Å². The topological polar surface area (TPSA) is 62.5 Å². The van der Waals surface area contributed by atoms with E-state index in [0.717, 1.165) is 36.7 Å². The molecule has 1 aromatic carbocycles. The maximum absolute atomic E-state index is 5.61. The largest absolute Gasteiger partial charge is 0.444 e. The van der Waals surface area contributed by atoms with E-state index >= 15 is 0 Å². The van der Waals surface area contributed by atoms with Gasteiger partial charge < -0.3 is 15.1 Å². The first-order valence-electron chi connectivity index (χ1n) is 8.80. The molecule has 0 fully saturated rings. The number of rotatable bonds is 7. The lowest BCUT2D eigenvalue weighted by molar-refractivity contribution is 0.572. The number of aliphatic imine (C=N–C) groups is 1. The van der Waals surface area contributed by atoms with Gasteiger partial charge in [-0.2, -0.15) is 0 Å². The van der Waals surface area contributed by atoms with E-state index in [-0.39, 0.29) is 0 Å². The Hall–Kier alpha value is -2.60. The molecule has 0 aliphatic heterocycles. The molecule has 3 aromatic rings. The number of benzene rings is 1. The van der Waals surface area contributed by atoms with Gasteiger partial charge in [-0.3, -0.25) is 0 Å². The molecule has 0 amide bonds. The number of aromatic nitrogens is 1. The van der Waals surface area contributed by atoms with E-state index in [4.69, 9.17) is 4.42 Å². The minimum Gasteiger partial charge on any atom is -0.444 e. The molecular formula is C20H24N4OS. The third-order valence-electron chi connectivity index (χ3n) is 3.84. The number of oxazole rings is 1. The van der Waals surface area contributed by atoms with Gasteiger partial charge in [0, 0.05) is 30.0 Å². The van der Waals surface area contributed by atoms with Crippen LogP contribution in [0.15, 0.2) is 57.5 Å². The second-order valence-corrected chi connectivity index (χ2v) is 6.99. The van der Waals surface area contributed by atoms with Crippen LogP contribution >= 0.6 is 11.3 Å². The van der Waals surface area contributed by atoms with Crippen molar-refractivity contribution in [3.05, 3.63) is 64.2 Å². The minimum atomic E-state index is 0.665. The van der Waals surface area contributed by atoms with Crippen LogP contribution in [0.5, 0.6) is 0 Å². The summed E-state index contributed by atoms with van der Waals surface area (Å²) in [6, 6.07) is 12.3. The van der Waals surface area contributed by atoms with E-state index < -0.39 is 0 Å². The molecule has 2 N–H and O–H groups in total. The number of nitrogens with zero attached hydrogens (tertiary/aromatic N) is 2. The number of thiophene rings is 1. The van der Waals surface area contributed by atoms with Crippen molar-refractivity contribution in [1.29, 1.82) is 0 Å². The summed E-state index contributed by atoms with van der Waals surface area (Å²) in [5, 5.41) is 8.69. The molecule has 0 aliphatic rings. The van der Waals surface area contributed by atoms with Crippen LogP contribution in [0, 0.1) is 6.92 Å². The zero-order chi connectivity index (χ0) is 18.2. The fourth-order valence-corrected chi connectivity index (χ4v) is 3.09. The van der Waals surface area contributed by atoms with Crippen LogP contribution in [0.1, 0.15) is 23.1 Å². The van der Waals surface area contributed by atoms with Crippen LogP contribution in [-0.2, 0) is 13.0 Å². The Kier molecular flexibility index (Phi) is 6.44. The highest BCUT2D eigenvalue weighted by Crippen LogP contribution is 2.19. The van der Waals surface area contributed by atoms with Crippen LogP contribution < -0.4 is 10.6 Å². The van der Waals surface area contributed by atoms with Gasteiger partial charge in [-0.25, -0.2) is 9.98 Å². The van der Waals surface area contributed by atoms with E-state index in [1.165, 1.54) is 10.4 Å². The quantitative estimate of drug-likeness (QED) is 0.489. The number of nitrogens with one attached hydrogen (secondary N) is 2. The third-order valence-corrected chi connectivity index (χ3v) is 4.70. The summed E-state index contributed by atoms with van der Waals surface area (Å²) < 4.78 is 5.61. The van der Waals surface area contributed by atoms with Crippen molar-refractivity contribution in [2.24, 2.45) is 4.99 Å². The van der Waals surface area contributed by atoms with Gasteiger partial charge in [0.2, 0.25) is 5.89 Å². The Morgan fingerprint density at radius 3 is 2.77 bits per heavy atom. The summed E-state index contributed by atoms with van der Waals surface area (Å²) in [7, 11) is 0. The van der Waals surface area contributed by atoms with Crippen molar-refractivity contribution < 1.29 is 4.42 Å². The van der Waals surface area contributed by atoms with E-state index in [0.29, 0.717) is 12.4 Å². The van der Waals surface area contributed by atoms with E-state index in [1.807, 2.05) is 18.2 Å². The van der Waals surface area contributed by atoms with Crippen molar-refractivity contribution in [2.45, 2.75) is 26.8 Å². The van der Waals surface area contributed by atoms with E-state index in [1.54, 1.807) is 17.6 Å². The molecule has 0 aliphatic carbocycles. The average Bonchev–Trinajstić information content (AvgIpc) is 3.32. The lowest BCUT2D eigenvalue weighted by Crippen LogP contribution is -2.38. The molecule has 0 bridgehead atoms. The molecule has 26 heavy (non-hydrogen) atoms. The standard InChI is InChI=1S/C20H24N4OS/c1-3-21-20(23-13-18-5-4-12-26-18)22-11-10-17-14-25-19(24-17)16-8-6-15(2)7-9-16/h4-9,12,14H,3,10-11,13H2,1-2H3,(H2,21,22,23). The monoisotopic (exact) mass is 368 g/mol. The van der Waals surface area contributed by atoms with Crippen molar-refractivity contribution in [3.63, 3.8) is 0 Å². The Labute approximate surface area is 158 Å². The molecule has 136 valence electrons. The Morgan fingerprint density at radius 2 is 2.04 bits per heavy atom. The first kappa shape index (κ1) is 18.2. The average molecular weight is 369 g/mol. The van der Waals surface area contributed by atoms with Crippen LogP contribution in [-0.4, -0.2) is 24.0 Å². The molecule has 2 aromatic heterocycles. The molecule has 5 nitrogen and oxygen atoms in total. The van der Waals surface area contributed by atoms with Gasteiger partial charge in [-0.1, -0.05) is 23.8 Å². The first-order chi connectivity index (χ1) is 12.7. The molecule has 0 saturated heterocycles. The zero-order valence-corrected chi connectivity index (χ0v) is 16.0. The van der Waals surface area contributed by atoms with Crippen molar-refractivity contribution in [1.82, 2.24) is 15.6 Å². The molecule has 0 radical (unpaired) electrons. The summed E-state index contributed by atoms with van der Waals surface area (Å²) in [4.78, 5) is 10.4. The minimum absolute atomic E-state index is 0.665. The molecule has 0 saturated carbocycles. The number of hydrogen-bond acceptors (Lipinski definition) is 4. The molecule has 0 unspecified atom stereocenters. The first-order valence-corrected chi connectivity index (χ1v) is 9.68. The highest BCUT2D eigenvalue weighted by molar-refractivity contribution is 7.09. The maximum atomic E-state index is 5.61. The van der Waals surface area contributed by atoms with Crippen molar-refractivity contribution in [2.75, 3.05) is 13.1 Å². The number of aryl methyl sites for hydroxylation is 1. The van der Waals surface area contributed by atoms with Crippen molar-refractivity contribution in [3.8, 4) is 11.5 Å². The van der Waals surface area contributed by atoms with Crippen LogP contribution in [0.25, 0.3) is 11.5 Å². The number of hydrogen-bond donors (Lipinski definition) is 2. The second-order valence-electron chi connectivity index (χ2n) is 5.96. The predicted molar refractivity (Wildman–Crippen MR) is 108 cm³/mol. The smallest absolute Gasteiger partial charge is 0.226 e. The predicted octanol–water partition coefficient (Wildman–Crippen LogP) is 4.01. The van der Waals surface area contributed by atoms with E-state index in [9.17, 15) is 0 Å². The van der Waals surface area contributed by atoms with Crippen LogP contribution in [0.2, 0.25) is 0 Å². The Balaban J connectivity index is 1.53. The lowest BCUT2D eigenvalue weighted by atomic mass is 10.1. The highest BCUT2D eigenvalue weighted by Gasteiger charge is 2.07. The summed E-state index contributed by atoms with van der Waals surface area (Å²) in [6.07, 6.45) is 2.51. The second kappa shape index (κ2) is 9.20. The fraction of sp³-hybridized carbons (Fsp3) is 0.300. The summed E-state index contributed by atoms with van der Waals surface area (Å²) in [6.45, 7) is 6.40. The fourth-order valence-electron chi connectivity index (χ4n) is 2.46. The Bertz CT molecular complexity index is 822. The molecule has 0 spiro atoms. The highest BCUT2D eigenvalue weighted by atomic mass is 32.1. The zero-order valence-electron chi connectivity index (χ0n) is 15.2. The molecule has 6 heteroatoms. The molecule has 2 heterocycles. The van der Waals surface area contributed by atoms with Crippen molar-refractivity contribution >= 4 is 17.3 Å². The molecule has 3 rings (SSSR count). The SMILES string of the molecule is CCNC(=NCc1cccs1)NCCc1coc(-c2ccc(C)cc2)n1. The molecular weight excluding hydrogens is 344 g/mol. The maximum Gasteiger partial charge on any atom is 0.226 e. The van der Waals surface area contributed by atoms with Gasteiger partial charge in [0.1, 0.15) is 6.26 Å². The summed E-state index contributed by atoms with van der Waals surface area (Å²) in [5.41, 5.74) is 3.16. The van der Waals surface area contributed by atoms with Gasteiger partial charge in [-0.05, 0) is 37.4 Å². The third kappa shape index (κ3) is 5.20. The number of guanidine groups is 1. The summed E-state index contributed by atoms with van der Waals surface area (Å²) >= 11 is 1.72. The lowest BCUT2D eigenvalue weighted by Gasteiger charge is -2.10.